The molecule has 3 aromatic rings. The highest BCUT2D eigenvalue weighted by Gasteiger charge is 2.22. The summed E-state index contributed by atoms with van der Waals surface area (Å²) < 4.78 is 20.2. The van der Waals surface area contributed by atoms with E-state index in [2.05, 4.69) is 20.3 Å². The van der Waals surface area contributed by atoms with Crippen molar-refractivity contribution < 1.29 is 9.13 Å². The first kappa shape index (κ1) is 20.0. The number of nitriles is 1. The van der Waals surface area contributed by atoms with Crippen molar-refractivity contribution in [1.29, 1.82) is 10.7 Å². The number of nitrogen functional groups attached to an aromatic ring is 1. The third-order valence-corrected chi connectivity index (χ3v) is 4.92. The Bertz CT molecular complexity index is 1250. The molecule has 0 aliphatic carbocycles. The van der Waals surface area contributed by atoms with Gasteiger partial charge in [-0.2, -0.15) is 5.26 Å². The number of fused-ring (bicyclic) bond motifs is 5. The molecule has 1 aromatic carbocycles. The van der Waals surface area contributed by atoms with Crippen LogP contribution in [0.15, 0.2) is 48.4 Å². The van der Waals surface area contributed by atoms with Crippen LogP contribution >= 0.6 is 0 Å². The van der Waals surface area contributed by atoms with Crippen molar-refractivity contribution in [2.45, 2.75) is 19.6 Å². The molecule has 9 heteroatoms. The number of nitrogens with zero attached hydrogens (tertiary/aromatic N) is 4. The number of hydrogen-bond donors (Lipinski definition) is 3. The average Bonchev–Trinajstić information content (AvgIpc) is 2.78. The zero-order valence-corrected chi connectivity index (χ0v) is 16.6. The summed E-state index contributed by atoms with van der Waals surface area (Å²) in [4.78, 5) is 13.1. The Balaban J connectivity index is 1.98. The molecule has 2 bridgehead atoms. The Hall–Kier alpha value is -4.32. The summed E-state index contributed by atoms with van der Waals surface area (Å²) in [6, 6.07) is 8.04. The summed E-state index contributed by atoms with van der Waals surface area (Å²) in [5.74, 6) is 0.0276. The molecule has 4 N–H and O–H groups in total. The van der Waals surface area contributed by atoms with Gasteiger partial charge in [-0.05, 0) is 31.2 Å². The van der Waals surface area contributed by atoms with Crippen LogP contribution in [0.25, 0.3) is 17.0 Å². The normalized spacial score (nSPS) is 16.7. The van der Waals surface area contributed by atoms with E-state index in [0.717, 1.165) is 6.21 Å². The summed E-state index contributed by atoms with van der Waals surface area (Å²) in [5.41, 5.74) is 9.42. The van der Waals surface area contributed by atoms with Crippen molar-refractivity contribution in [2.75, 3.05) is 5.73 Å². The molecule has 4 rings (SSSR count). The fraction of sp³-hybridized carbons (Fsp3) is 0.136. The number of rotatable bonds is 1. The van der Waals surface area contributed by atoms with Gasteiger partial charge in [-0.3, -0.25) is 9.97 Å². The van der Waals surface area contributed by atoms with Crippen LogP contribution in [-0.2, 0) is 6.54 Å². The summed E-state index contributed by atoms with van der Waals surface area (Å²) in [5, 5.41) is 20.3. The number of anilines is 1. The molecule has 1 aliphatic heterocycles. The maximum Gasteiger partial charge on any atom is 0.166 e. The number of hydrogen-bond acceptors (Lipinski definition) is 8. The van der Waals surface area contributed by atoms with E-state index >= 15 is 0 Å². The molecule has 2 aromatic heterocycles. The van der Waals surface area contributed by atoms with Gasteiger partial charge in [-0.25, -0.2) is 9.37 Å². The first-order valence-corrected chi connectivity index (χ1v) is 9.42. The van der Waals surface area contributed by atoms with Crippen molar-refractivity contribution in [2.24, 2.45) is 0 Å². The van der Waals surface area contributed by atoms with E-state index in [9.17, 15) is 9.65 Å². The fourth-order valence-electron chi connectivity index (χ4n) is 3.43. The van der Waals surface area contributed by atoms with E-state index in [-0.39, 0.29) is 23.7 Å². The van der Waals surface area contributed by atoms with Crippen LogP contribution in [0.4, 0.5) is 10.2 Å². The molecule has 0 saturated heterocycles. The molecular formula is C22H18FN7O. The van der Waals surface area contributed by atoms with Crippen molar-refractivity contribution in [3.8, 4) is 23.1 Å². The number of pyridine rings is 1. The first-order valence-electron chi connectivity index (χ1n) is 9.42. The molecule has 8 nitrogen and oxygen atoms in total. The summed E-state index contributed by atoms with van der Waals surface area (Å²) >= 11 is 0. The molecule has 1 atom stereocenters. The zero-order chi connectivity index (χ0) is 22.0. The summed E-state index contributed by atoms with van der Waals surface area (Å²) in [6.45, 7) is 1.99. The molecule has 0 amide bonds. The highest BCUT2D eigenvalue weighted by atomic mass is 19.1. The van der Waals surface area contributed by atoms with Crippen LogP contribution in [0.3, 0.4) is 0 Å². The van der Waals surface area contributed by atoms with Gasteiger partial charge in [0.15, 0.2) is 11.6 Å². The van der Waals surface area contributed by atoms with Crippen LogP contribution in [-0.4, -0.2) is 21.2 Å². The number of nitrogens with two attached hydrogens (primary N) is 1. The Morgan fingerprint density at radius 3 is 2.90 bits per heavy atom. The van der Waals surface area contributed by atoms with E-state index in [1.165, 1.54) is 18.3 Å². The van der Waals surface area contributed by atoms with Crippen LogP contribution < -0.4 is 15.8 Å². The number of halogens is 1. The summed E-state index contributed by atoms with van der Waals surface area (Å²) in [7, 11) is 0. The maximum absolute atomic E-state index is 14.1. The second-order valence-electron chi connectivity index (χ2n) is 6.85. The van der Waals surface area contributed by atoms with Gasteiger partial charge in [0, 0.05) is 41.5 Å². The number of nitrogens with one attached hydrogen (secondary N) is 2. The SMILES string of the molecule is C[C@H]1Oc2cc(cnc2N)/C(=C(\C#N)C=N)NCc2nccnc2-c2ccc(F)cc21. The van der Waals surface area contributed by atoms with Gasteiger partial charge in [0.05, 0.1) is 29.2 Å². The minimum absolute atomic E-state index is 0.107. The smallest absolute Gasteiger partial charge is 0.166 e. The maximum atomic E-state index is 14.1. The van der Waals surface area contributed by atoms with E-state index in [4.69, 9.17) is 15.9 Å². The standard InChI is InChI=1S/C22H18FN7O/c1-12-17-7-15(23)2-3-16(17)21-18(27-4-5-28-21)11-29-20(14(8-24)9-25)13-6-19(31-12)22(26)30-10-13/h2-8,10,12,24,29H,11H2,1H3,(H2,26,30)/b20-14+,24-8?/t12-/m1/s1. The molecule has 0 radical (unpaired) electrons. The van der Waals surface area contributed by atoms with E-state index in [1.54, 1.807) is 31.5 Å². The van der Waals surface area contributed by atoms with Crippen LogP contribution in [0.1, 0.15) is 29.8 Å². The molecule has 3 heterocycles. The highest BCUT2D eigenvalue weighted by molar-refractivity contribution is 5.93. The van der Waals surface area contributed by atoms with Crippen molar-refractivity contribution >= 4 is 17.7 Å². The minimum Gasteiger partial charge on any atom is -0.482 e. The number of aromatic nitrogens is 3. The molecule has 1 aliphatic rings. The summed E-state index contributed by atoms with van der Waals surface area (Å²) in [6.07, 6.45) is 4.99. The lowest BCUT2D eigenvalue weighted by atomic mass is 9.98. The van der Waals surface area contributed by atoms with Crippen molar-refractivity contribution in [3.05, 3.63) is 71.1 Å². The molecule has 0 unspecified atom stereocenters. The van der Waals surface area contributed by atoms with Crippen LogP contribution in [0.2, 0.25) is 0 Å². The third kappa shape index (κ3) is 3.79. The van der Waals surface area contributed by atoms with E-state index in [0.29, 0.717) is 33.8 Å². The number of benzene rings is 1. The second kappa shape index (κ2) is 8.20. The lowest BCUT2D eigenvalue weighted by Crippen LogP contribution is -2.18. The zero-order valence-electron chi connectivity index (χ0n) is 16.6. The first-order chi connectivity index (χ1) is 15.0. The molecule has 31 heavy (non-hydrogen) atoms. The van der Waals surface area contributed by atoms with Gasteiger partial charge in [0.25, 0.3) is 0 Å². The third-order valence-electron chi connectivity index (χ3n) is 4.92. The molecule has 154 valence electrons. The van der Waals surface area contributed by atoms with Crippen LogP contribution in [0.5, 0.6) is 5.75 Å². The number of ether oxygens (including phenoxy) is 1. The van der Waals surface area contributed by atoms with Crippen molar-refractivity contribution in [3.63, 3.8) is 0 Å². The van der Waals surface area contributed by atoms with Gasteiger partial charge >= 0.3 is 0 Å². The van der Waals surface area contributed by atoms with Gasteiger partial charge in [-0.15, -0.1) is 0 Å². The van der Waals surface area contributed by atoms with E-state index < -0.39 is 11.9 Å². The predicted molar refractivity (Wildman–Crippen MR) is 113 cm³/mol. The van der Waals surface area contributed by atoms with Gasteiger partial charge in [0.2, 0.25) is 0 Å². The quantitative estimate of drug-likeness (QED) is 0.410. The minimum atomic E-state index is -0.585. The fourth-order valence-corrected chi connectivity index (χ4v) is 3.43. The van der Waals surface area contributed by atoms with Crippen LogP contribution in [0, 0.1) is 22.6 Å². The molecule has 0 fully saturated rings. The van der Waals surface area contributed by atoms with E-state index in [1.807, 2.05) is 6.07 Å². The molecule has 0 saturated carbocycles. The second-order valence-corrected chi connectivity index (χ2v) is 6.85. The lowest BCUT2D eigenvalue weighted by Gasteiger charge is -2.22. The number of allylic oxidation sites excluding steroid dienone is 1. The predicted octanol–water partition coefficient (Wildman–Crippen LogP) is 3.39. The largest absolute Gasteiger partial charge is 0.482 e. The van der Waals surface area contributed by atoms with Gasteiger partial charge in [-0.1, -0.05) is 0 Å². The highest BCUT2D eigenvalue weighted by Crippen LogP contribution is 2.35. The topological polar surface area (TPSA) is 134 Å². The Morgan fingerprint density at radius 1 is 1.32 bits per heavy atom. The average molecular weight is 415 g/mol. The Kier molecular flexibility index (Phi) is 5.28. The molecule has 0 spiro atoms. The lowest BCUT2D eigenvalue weighted by molar-refractivity contribution is 0.227. The molecular weight excluding hydrogens is 397 g/mol. The Morgan fingerprint density at radius 2 is 2.13 bits per heavy atom. The Labute approximate surface area is 177 Å². The van der Waals surface area contributed by atoms with Crippen molar-refractivity contribution in [1.82, 2.24) is 20.3 Å². The van der Waals surface area contributed by atoms with Gasteiger partial charge in [0.1, 0.15) is 18.0 Å². The monoisotopic (exact) mass is 415 g/mol. The van der Waals surface area contributed by atoms with Gasteiger partial charge < -0.3 is 21.2 Å².